The molecule has 2 N–H and O–H groups in total. The van der Waals surface area contributed by atoms with Gasteiger partial charge in [-0.05, 0) is 30.9 Å². The highest BCUT2D eigenvalue weighted by Gasteiger charge is 2.17. The molecule has 0 saturated carbocycles. The van der Waals surface area contributed by atoms with Crippen LogP contribution in [0.15, 0.2) is 24.5 Å². The number of H-pyrrole nitrogens is 1. The van der Waals surface area contributed by atoms with Crippen molar-refractivity contribution in [1.82, 2.24) is 15.3 Å². The van der Waals surface area contributed by atoms with Crippen LogP contribution in [0.4, 0.5) is 0 Å². The lowest BCUT2D eigenvalue weighted by atomic mass is 10.0. The van der Waals surface area contributed by atoms with E-state index in [1.807, 2.05) is 18.3 Å². The van der Waals surface area contributed by atoms with Crippen LogP contribution in [0.3, 0.4) is 0 Å². The van der Waals surface area contributed by atoms with Gasteiger partial charge < -0.3 is 15.0 Å². The Bertz CT molecular complexity index is 573. The van der Waals surface area contributed by atoms with Crippen LogP contribution in [0, 0.1) is 5.92 Å². The Kier molecular flexibility index (Phi) is 3.46. The Morgan fingerprint density at radius 3 is 3.32 bits per heavy atom. The van der Waals surface area contributed by atoms with E-state index in [1.165, 1.54) is 0 Å². The molecule has 0 aliphatic carbocycles. The SMILES string of the molecule is O=C(NCC1CCCOC1)c1nccc2[nH]ccc12. The number of fused-ring (bicyclic) bond motifs is 1. The van der Waals surface area contributed by atoms with Crippen molar-refractivity contribution in [3.63, 3.8) is 0 Å². The Labute approximate surface area is 111 Å². The zero-order chi connectivity index (χ0) is 13.1. The number of hydrogen-bond donors (Lipinski definition) is 2. The van der Waals surface area contributed by atoms with E-state index in [0.29, 0.717) is 18.2 Å². The molecule has 19 heavy (non-hydrogen) atoms. The van der Waals surface area contributed by atoms with Crippen molar-refractivity contribution in [2.24, 2.45) is 5.92 Å². The zero-order valence-electron chi connectivity index (χ0n) is 10.7. The van der Waals surface area contributed by atoms with Gasteiger partial charge in [-0.15, -0.1) is 0 Å². The third-order valence-electron chi connectivity index (χ3n) is 3.50. The molecule has 5 nitrogen and oxygen atoms in total. The number of pyridine rings is 1. The van der Waals surface area contributed by atoms with Gasteiger partial charge in [0.05, 0.1) is 6.61 Å². The first-order chi connectivity index (χ1) is 9.34. The van der Waals surface area contributed by atoms with E-state index in [4.69, 9.17) is 4.74 Å². The molecule has 2 aromatic rings. The predicted molar refractivity (Wildman–Crippen MR) is 72.0 cm³/mol. The van der Waals surface area contributed by atoms with E-state index < -0.39 is 0 Å². The number of carbonyl (C=O) groups excluding carboxylic acids is 1. The van der Waals surface area contributed by atoms with E-state index in [-0.39, 0.29) is 5.91 Å². The molecule has 0 spiro atoms. The van der Waals surface area contributed by atoms with Crippen molar-refractivity contribution in [2.45, 2.75) is 12.8 Å². The number of aromatic amines is 1. The number of nitrogens with zero attached hydrogens (tertiary/aromatic N) is 1. The highest BCUT2D eigenvalue weighted by Crippen LogP contribution is 2.16. The molecule has 1 aliphatic rings. The maximum atomic E-state index is 12.2. The highest BCUT2D eigenvalue weighted by atomic mass is 16.5. The molecule has 1 amide bonds. The van der Waals surface area contributed by atoms with Crippen molar-refractivity contribution in [3.05, 3.63) is 30.2 Å². The standard InChI is InChI=1S/C14H17N3O2/c18-14(17-8-10-2-1-7-19-9-10)13-11-3-5-15-12(11)4-6-16-13/h3-6,10,15H,1-2,7-9H2,(H,17,18). The van der Waals surface area contributed by atoms with Crippen LogP contribution in [-0.4, -0.2) is 35.6 Å². The number of aromatic nitrogens is 2. The first-order valence-corrected chi connectivity index (χ1v) is 6.62. The van der Waals surface area contributed by atoms with Crippen LogP contribution in [0.25, 0.3) is 10.9 Å². The van der Waals surface area contributed by atoms with E-state index in [1.54, 1.807) is 6.20 Å². The van der Waals surface area contributed by atoms with Crippen LogP contribution >= 0.6 is 0 Å². The van der Waals surface area contributed by atoms with Crippen molar-refractivity contribution in [1.29, 1.82) is 0 Å². The molecular formula is C14H17N3O2. The van der Waals surface area contributed by atoms with E-state index in [9.17, 15) is 4.79 Å². The highest BCUT2D eigenvalue weighted by molar-refractivity contribution is 6.04. The molecule has 2 aromatic heterocycles. The third-order valence-corrected chi connectivity index (χ3v) is 3.50. The van der Waals surface area contributed by atoms with E-state index in [2.05, 4.69) is 15.3 Å². The van der Waals surface area contributed by atoms with E-state index in [0.717, 1.165) is 37.0 Å². The second-order valence-electron chi connectivity index (χ2n) is 4.89. The Morgan fingerprint density at radius 1 is 1.53 bits per heavy atom. The molecule has 0 bridgehead atoms. The number of ether oxygens (including phenoxy) is 1. The summed E-state index contributed by atoms with van der Waals surface area (Å²) in [7, 11) is 0. The molecule has 100 valence electrons. The summed E-state index contributed by atoms with van der Waals surface area (Å²) in [6.45, 7) is 2.23. The average Bonchev–Trinajstić information content (AvgIpc) is 2.94. The molecule has 5 heteroatoms. The van der Waals surface area contributed by atoms with Gasteiger partial charge in [0.15, 0.2) is 0 Å². The molecule has 1 atom stereocenters. The summed E-state index contributed by atoms with van der Waals surface area (Å²) in [4.78, 5) is 19.4. The van der Waals surface area contributed by atoms with Crippen molar-refractivity contribution >= 4 is 16.8 Å². The minimum absolute atomic E-state index is 0.115. The van der Waals surface area contributed by atoms with Crippen molar-refractivity contribution < 1.29 is 9.53 Å². The maximum absolute atomic E-state index is 12.2. The first kappa shape index (κ1) is 12.2. The fourth-order valence-corrected chi connectivity index (χ4v) is 2.45. The smallest absolute Gasteiger partial charge is 0.270 e. The van der Waals surface area contributed by atoms with Gasteiger partial charge in [0.2, 0.25) is 0 Å². The molecule has 1 saturated heterocycles. The maximum Gasteiger partial charge on any atom is 0.270 e. The minimum Gasteiger partial charge on any atom is -0.381 e. The predicted octanol–water partition coefficient (Wildman–Crippen LogP) is 1.72. The second kappa shape index (κ2) is 5.40. The topological polar surface area (TPSA) is 67.0 Å². The number of nitrogens with one attached hydrogen (secondary N) is 2. The van der Waals surface area contributed by atoms with Gasteiger partial charge in [-0.3, -0.25) is 9.78 Å². The summed E-state index contributed by atoms with van der Waals surface area (Å²) in [6.07, 6.45) is 5.66. The summed E-state index contributed by atoms with van der Waals surface area (Å²) in [5.74, 6) is 0.305. The first-order valence-electron chi connectivity index (χ1n) is 6.62. The molecule has 3 heterocycles. The fraction of sp³-hybridized carbons (Fsp3) is 0.429. The quantitative estimate of drug-likeness (QED) is 0.882. The number of hydrogen-bond acceptors (Lipinski definition) is 3. The molecule has 0 aromatic carbocycles. The van der Waals surface area contributed by atoms with E-state index >= 15 is 0 Å². The lowest BCUT2D eigenvalue weighted by molar-refractivity contribution is 0.0536. The number of carbonyl (C=O) groups is 1. The molecular weight excluding hydrogens is 242 g/mol. The lowest BCUT2D eigenvalue weighted by Gasteiger charge is -2.22. The van der Waals surface area contributed by atoms with Crippen molar-refractivity contribution in [2.75, 3.05) is 19.8 Å². The molecule has 1 aliphatic heterocycles. The number of amides is 1. The summed E-state index contributed by atoms with van der Waals surface area (Å²) in [5, 5.41) is 3.82. The zero-order valence-corrected chi connectivity index (χ0v) is 10.7. The summed E-state index contributed by atoms with van der Waals surface area (Å²) >= 11 is 0. The Hall–Kier alpha value is -1.88. The van der Waals surface area contributed by atoms with Crippen LogP contribution in [0.2, 0.25) is 0 Å². The second-order valence-corrected chi connectivity index (χ2v) is 4.89. The monoisotopic (exact) mass is 259 g/mol. The third kappa shape index (κ3) is 2.61. The lowest BCUT2D eigenvalue weighted by Crippen LogP contribution is -2.33. The Balaban J connectivity index is 1.68. The molecule has 0 radical (unpaired) electrons. The van der Waals surface area contributed by atoms with Crippen molar-refractivity contribution in [3.8, 4) is 0 Å². The fourth-order valence-electron chi connectivity index (χ4n) is 2.45. The van der Waals surface area contributed by atoms with Gasteiger partial charge in [0, 0.05) is 36.4 Å². The van der Waals surface area contributed by atoms with Gasteiger partial charge >= 0.3 is 0 Å². The molecule has 1 fully saturated rings. The van der Waals surface area contributed by atoms with Crippen LogP contribution in [0.5, 0.6) is 0 Å². The number of rotatable bonds is 3. The molecule has 3 rings (SSSR count). The molecule has 1 unspecified atom stereocenters. The van der Waals surface area contributed by atoms with Gasteiger partial charge in [0.1, 0.15) is 5.69 Å². The van der Waals surface area contributed by atoms with Crippen LogP contribution in [0.1, 0.15) is 23.3 Å². The van der Waals surface area contributed by atoms with Gasteiger partial charge in [-0.2, -0.15) is 0 Å². The largest absolute Gasteiger partial charge is 0.381 e. The van der Waals surface area contributed by atoms with Gasteiger partial charge in [-0.25, -0.2) is 0 Å². The average molecular weight is 259 g/mol. The van der Waals surface area contributed by atoms with Gasteiger partial charge in [0.25, 0.3) is 5.91 Å². The minimum atomic E-state index is -0.115. The van der Waals surface area contributed by atoms with Gasteiger partial charge in [-0.1, -0.05) is 0 Å². The Morgan fingerprint density at radius 2 is 2.47 bits per heavy atom. The van der Waals surface area contributed by atoms with Crippen LogP contribution in [-0.2, 0) is 4.74 Å². The normalized spacial score (nSPS) is 19.5. The summed E-state index contributed by atoms with van der Waals surface area (Å²) in [6, 6.07) is 3.74. The summed E-state index contributed by atoms with van der Waals surface area (Å²) in [5.41, 5.74) is 1.41. The van der Waals surface area contributed by atoms with Crippen LogP contribution < -0.4 is 5.32 Å². The summed E-state index contributed by atoms with van der Waals surface area (Å²) < 4.78 is 5.41.